The fraction of sp³-hybridized carbons (Fsp3) is 0.824. The Kier molecular flexibility index (Phi) is 4.16. The van der Waals surface area contributed by atoms with Crippen molar-refractivity contribution in [3.05, 3.63) is 17.2 Å². The molecule has 1 aliphatic carbocycles. The van der Waals surface area contributed by atoms with Crippen LogP contribution >= 0.6 is 0 Å². The van der Waals surface area contributed by atoms with E-state index in [0.29, 0.717) is 0 Å². The lowest BCUT2D eigenvalue weighted by Gasteiger charge is -2.23. The first kappa shape index (κ1) is 14.1. The maximum Gasteiger partial charge on any atom is 0.112 e. The molecule has 3 rings (SSSR count). The maximum absolute atomic E-state index is 5.05. The van der Waals surface area contributed by atoms with Gasteiger partial charge in [-0.05, 0) is 24.7 Å². The van der Waals surface area contributed by atoms with Crippen LogP contribution in [-0.4, -0.2) is 16.1 Å². The van der Waals surface area contributed by atoms with Gasteiger partial charge < -0.3 is 9.88 Å². The lowest BCUT2D eigenvalue weighted by atomic mass is 9.97. The Hall–Kier alpha value is -0.830. The molecule has 0 bridgehead atoms. The molecule has 1 saturated carbocycles. The van der Waals surface area contributed by atoms with Crippen LogP contribution in [0.3, 0.4) is 0 Å². The monoisotopic (exact) mass is 275 g/mol. The second-order valence-electron chi connectivity index (χ2n) is 7.10. The second-order valence-corrected chi connectivity index (χ2v) is 7.10. The first-order chi connectivity index (χ1) is 9.66. The maximum atomic E-state index is 5.05. The number of nitrogens with one attached hydrogen (secondary N) is 1. The second kappa shape index (κ2) is 5.88. The van der Waals surface area contributed by atoms with E-state index in [1.165, 1.54) is 42.9 Å². The third-order valence-electron chi connectivity index (χ3n) is 5.34. The Morgan fingerprint density at radius 1 is 1.25 bits per heavy atom. The number of aromatic nitrogens is 2. The molecular weight excluding hydrogens is 246 g/mol. The van der Waals surface area contributed by atoms with Crippen molar-refractivity contribution < 1.29 is 0 Å². The van der Waals surface area contributed by atoms with Crippen molar-refractivity contribution in [2.75, 3.05) is 6.54 Å². The summed E-state index contributed by atoms with van der Waals surface area (Å²) in [4.78, 5) is 5.05. The highest BCUT2D eigenvalue weighted by Crippen LogP contribution is 2.35. The van der Waals surface area contributed by atoms with E-state index in [1.54, 1.807) is 0 Å². The van der Waals surface area contributed by atoms with Gasteiger partial charge in [0.1, 0.15) is 5.82 Å². The van der Waals surface area contributed by atoms with Gasteiger partial charge in [0.15, 0.2) is 0 Å². The zero-order valence-corrected chi connectivity index (χ0v) is 13.3. The molecule has 1 fully saturated rings. The average Bonchev–Trinajstić information content (AvgIpc) is 3.06. The number of imidazole rings is 1. The minimum absolute atomic E-state index is 0.722. The summed E-state index contributed by atoms with van der Waals surface area (Å²) < 4.78 is 2.61. The topological polar surface area (TPSA) is 29.9 Å². The number of hydrogen-bond acceptors (Lipinski definition) is 2. The van der Waals surface area contributed by atoms with Gasteiger partial charge in [-0.2, -0.15) is 0 Å². The smallest absolute Gasteiger partial charge is 0.112 e. The van der Waals surface area contributed by atoms with Crippen molar-refractivity contribution in [3.63, 3.8) is 0 Å². The molecule has 0 radical (unpaired) electrons. The summed E-state index contributed by atoms with van der Waals surface area (Å²) in [7, 11) is 0. The molecule has 1 atom stereocenters. The van der Waals surface area contributed by atoms with Crippen molar-refractivity contribution in [1.29, 1.82) is 0 Å². The molecule has 1 aromatic heterocycles. The van der Waals surface area contributed by atoms with E-state index in [9.17, 15) is 0 Å². The molecule has 1 aliphatic heterocycles. The fourth-order valence-corrected chi connectivity index (χ4v) is 3.59. The lowest BCUT2D eigenvalue weighted by molar-refractivity contribution is 0.350. The Labute approximate surface area is 123 Å². The van der Waals surface area contributed by atoms with E-state index in [0.717, 1.165) is 43.8 Å². The van der Waals surface area contributed by atoms with Crippen LogP contribution in [0.25, 0.3) is 0 Å². The van der Waals surface area contributed by atoms with Crippen molar-refractivity contribution in [3.8, 4) is 0 Å². The highest BCUT2D eigenvalue weighted by Gasteiger charge is 2.27. The normalized spacial score (nSPS) is 21.4. The van der Waals surface area contributed by atoms with E-state index in [-0.39, 0.29) is 0 Å². The van der Waals surface area contributed by atoms with Gasteiger partial charge in [-0.3, -0.25) is 0 Å². The Morgan fingerprint density at radius 2 is 2.00 bits per heavy atom. The highest BCUT2D eigenvalue weighted by molar-refractivity contribution is 5.22. The zero-order chi connectivity index (χ0) is 14.1. The molecule has 1 aromatic rings. The van der Waals surface area contributed by atoms with Crippen LogP contribution in [0.15, 0.2) is 0 Å². The summed E-state index contributed by atoms with van der Waals surface area (Å²) >= 11 is 0. The van der Waals surface area contributed by atoms with Crippen LogP contribution < -0.4 is 5.32 Å². The Morgan fingerprint density at radius 3 is 2.70 bits per heavy atom. The van der Waals surface area contributed by atoms with E-state index in [4.69, 9.17) is 4.98 Å². The zero-order valence-electron chi connectivity index (χ0n) is 13.3. The molecule has 1 N–H and O–H groups in total. The molecular formula is C17H29N3. The minimum atomic E-state index is 0.722. The van der Waals surface area contributed by atoms with Gasteiger partial charge in [0, 0.05) is 37.7 Å². The summed E-state index contributed by atoms with van der Waals surface area (Å²) in [6.07, 6.45) is 6.62. The molecule has 2 aliphatic rings. The number of hydrogen-bond donors (Lipinski definition) is 1. The molecule has 112 valence electrons. The van der Waals surface area contributed by atoms with Crippen molar-refractivity contribution in [2.24, 2.45) is 11.8 Å². The molecule has 0 aromatic carbocycles. The van der Waals surface area contributed by atoms with E-state index in [2.05, 4.69) is 30.7 Å². The average molecular weight is 275 g/mol. The van der Waals surface area contributed by atoms with Crippen LogP contribution in [0.2, 0.25) is 0 Å². The highest BCUT2D eigenvalue weighted by atomic mass is 15.1. The van der Waals surface area contributed by atoms with Crippen molar-refractivity contribution in [2.45, 2.75) is 71.9 Å². The van der Waals surface area contributed by atoms with Crippen LogP contribution in [0, 0.1) is 11.8 Å². The third kappa shape index (κ3) is 2.65. The van der Waals surface area contributed by atoms with E-state index >= 15 is 0 Å². The number of rotatable bonds is 4. The predicted molar refractivity (Wildman–Crippen MR) is 82.8 cm³/mol. The van der Waals surface area contributed by atoms with Crippen LogP contribution in [-0.2, 0) is 19.5 Å². The van der Waals surface area contributed by atoms with Crippen LogP contribution in [0.4, 0.5) is 0 Å². The van der Waals surface area contributed by atoms with Gasteiger partial charge in [-0.15, -0.1) is 0 Å². The molecule has 1 unspecified atom stereocenters. The largest absolute Gasteiger partial charge is 0.331 e. The summed E-state index contributed by atoms with van der Waals surface area (Å²) in [5.41, 5.74) is 2.85. The van der Waals surface area contributed by atoms with E-state index < -0.39 is 0 Å². The van der Waals surface area contributed by atoms with Crippen molar-refractivity contribution in [1.82, 2.24) is 14.9 Å². The summed E-state index contributed by atoms with van der Waals surface area (Å²) in [6, 6.07) is 0. The summed E-state index contributed by atoms with van der Waals surface area (Å²) in [5.74, 6) is 3.60. The van der Waals surface area contributed by atoms with Gasteiger partial charge in [-0.25, -0.2) is 4.98 Å². The molecule has 20 heavy (non-hydrogen) atoms. The van der Waals surface area contributed by atoms with Gasteiger partial charge in [0.05, 0.1) is 5.69 Å². The quantitative estimate of drug-likeness (QED) is 0.911. The fourth-order valence-electron chi connectivity index (χ4n) is 3.59. The van der Waals surface area contributed by atoms with Crippen molar-refractivity contribution >= 4 is 0 Å². The standard InChI is InChI=1S/C17H29N3/c1-12(2)13(3)11-20-16-8-9-18-10-15(16)19-17(20)14-6-4-5-7-14/h12-14,18H,4-11H2,1-3H3. The first-order valence-electron chi connectivity index (χ1n) is 8.45. The molecule has 3 nitrogen and oxygen atoms in total. The lowest BCUT2D eigenvalue weighted by Crippen LogP contribution is -2.26. The third-order valence-corrected chi connectivity index (χ3v) is 5.34. The molecule has 0 spiro atoms. The van der Waals surface area contributed by atoms with Gasteiger partial charge >= 0.3 is 0 Å². The predicted octanol–water partition coefficient (Wildman–Crippen LogP) is 3.48. The van der Waals surface area contributed by atoms with Crippen LogP contribution in [0.1, 0.15) is 69.6 Å². The summed E-state index contributed by atoms with van der Waals surface area (Å²) in [5, 5.41) is 3.47. The van der Waals surface area contributed by atoms with Gasteiger partial charge in [0.25, 0.3) is 0 Å². The molecule has 3 heteroatoms. The Balaban J connectivity index is 1.93. The number of fused-ring (bicyclic) bond motifs is 1. The number of nitrogens with zero attached hydrogens (tertiary/aromatic N) is 2. The van der Waals surface area contributed by atoms with Gasteiger partial charge in [0.2, 0.25) is 0 Å². The van der Waals surface area contributed by atoms with E-state index in [1.807, 2.05) is 0 Å². The van der Waals surface area contributed by atoms with Crippen LogP contribution in [0.5, 0.6) is 0 Å². The Bertz CT molecular complexity index is 455. The molecule has 0 amide bonds. The first-order valence-corrected chi connectivity index (χ1v) is 8.45. The minimum Gasteiger partial charge on any atom is -0.331 e. The van der Waals surface area contributed by atoms with Gasteiger partial charge in [-0.1, -0.05) is 33.6 Å². The molecule has 2 heterocycles. The SMILES string of the molecule is CC(C)C(C)Cn1c(C2CCCC2)nc2c1CCNC2. The molecule has 0 saturated heterocycles. The summed E-state index contributed by atoms with van der Waals surface area (Å²) in [6.45, 7) is 10.3.